The molecule has 258 valence electrons. The van der Waals surface area contributed by atoms with Crippen LogP contribution in [0.2, 0.25) is 0 Å². The Balaban J connectivity index is 1.15. The van der Waals surface area contributed by atoms with Crippen LogP contribution in [0, 0.1) is 0 Å². The molecule has 0 N–H and O–H groups in total. The molecule has 0 fully saturated rings. The molecule has 10 rings (SSSR count). The van der Waals surface area contributed by atoms with E-state index in [4.69, 9.17) is 20.1 Å². The van der Waals surface area contributed by atoms with Crippen LogP contribution in [0.25, 0.3) is 95.1 Å². The lowest BCUT2D eigenvalue weighted by atomic mass is 9.90. The van der Waals surface area contributed by atoms with E-state index in [1.807, 2.05) is 66.9 Å². The van der Waals surface area contributed by atoms with Crippen molar-refractivity contribution in [1.29, 1.82) is 0 Å². The Morgan fingerprint density at radius 2 is 0.745 bits per heavy atom. The van der Waals surface area contributed by atoms with Gasteiger partial charge in [0.05, 0.1) is 17.4 Å². The average Bonchev–Trinajstić information content (AvgIpc) is 3.72. The number of aromatic nitrogens is 5. The molecule has 3 heterocycles. The van der Waals surface area contributed by atoms with Crippen LogP contribution in [0.15, 0.2) is 200 Å². The van der Waals surface area contributed by atoms with Gasteiger partial charge in [0, 0.05) is 38.8 Å². The van der Waals surface area contributed by atoms with E-state index in [-0.39, 0.29) is 0 Å². The van der Waals surface area contributed by atoms with Gasteiger partial charge in [0.25, 0.3) is 0 Å². The predicted molar refractivity (Wildman–Crippen MR) is 224 cm³/mol. The number of hydrogen-bond donors (Lipinski definition) is 0. The molecule has 55 heavy (non-hydrogen) atoms. The zero-order valence-corrected chi connectivity index (χ0v) is 29.8. The summed E-state index contributed by atoms with van der Waals surface area (Å²) in [7, 11) is 0. The van der Waals surface area contributed by atoms with Gasteiger partial charge in [-0.15, -0.1) is 0 Å². The third-order valence-electron chi connectivity index (χ3n) is 10.1. The average molecular weight is 704 g/mol. The highest BCUT2D eigenvalue weighted by Crippen LogP contribution is 2.43. The van der Waals surface area contributed by atoms with Gasteiger partial charge >= 0.3 is 0 Å². The SMILES string of the molecule is c1ccc(-c2nc(-c3ccccc3)nc(-c3cccc(-c4cccc(-c5c(-c6ccccc6)n6ncc(-c7ccccc7)c6c6ccccc56)c4)c3)n2)cc1. The Hall–Kier alpha value is -7.50. The van der Waals surface area contributed by atoms with E-state index in [0.29, 0.717) is 17.5 Å². The Kier molecular flexibility index (Phi) is 8.08. The normalized spacial score (nSPS) is 11.3. The van der Waals surface area contributed by atoms with Gasteiger partial charge in [-0.05, 0) is 39.8 Å². The molecule has 0 aliphatic heterocycles. The van der Waals surface area contributed by atoms with Gasteiger partial charge in [-0.25, -0.2) is 19.5 Å². The van der Waals surface area contributed by atoms with E-state index >= 15 is 0 Å². The summed E-state index contributed by atoms with van der Waals surface area (Å²) in [5, 5.41) is 7.41. The lowest BCUT2D eigenvalue weighted by Crippen LogP contribution is -2.00. The van der Waals surface area contributed by atoms with Crippen molar-refractivity contribution in [2.24, 2.45) is 0 Å². The zero-order chi connectivity index (χ0) is 36.6. The van der Waals surface area contributed by atoms with Gasteiger partial charge in [-0.1, -0.05) is 182 Å². The molecule has 0 radical (unpaired) electrons. The fraction of sp³-hybridized carbons (Fsp3) is 0. The van der Waals surface area contributed by atoms with Gasteiger partial charge in [0.1, 0.15) is 0 Å². The van der Waals surface area contributed by atoms with Crippen LogP contribution in [0.5, 0.6) is 0 Å². The minimum atomic E-state index is 0.626. The molecule has 0 aliphatic carbocycles. The van der Waals surface area contributed by atoms with Gasteiger partial charge in [-0.3, -0.25) is 0 Å². The number of fused-ring (bicyclic) bond motifs is 3. The third kappa shape index (κ3) is 5.94. The molecule has 7 aromatic carbocycles. The molecule has 0 saturated heterocycles. The van der Waals surface area contributed by atoms with Crippen LogP contribution in [-0.2, 0) is 0 Å². The summed E-state index contributed by atoms with van der Waals surface area (Å²) >= 11 is 0. The third-order valence-corrected chi connectivity index (χ3v) is 10.1. The fourth-order valence-corrected chi connectivity index (χ4v) is 7.53. The van der Waals surface area contributed by atoms with Crippen molar-refractivity contribution in [3.8, 4) is 78.8 Å². The highest BCUT2D eigenvalue weighted by atomic mass is 15.2. The number of rotatable bonds is 7. The Labute approximate surface area is 318 Å². The molecule has 0 atom stereocenters. The number of nitrogens with zero attached hydrogens (tertiary/aromatic N) is 5. The Morgan fingerprint density at radius 3 is 1.33 bits per heavy atom. The summed E-state index contributed by atoms with van der Waals surface area (Å²) in [6.45, 7) is 0. The standard InChI is InChI=1S/C50H33N5/c1-5-17-34(18-6-1)44-33-51-55-46(35-19-7-2-8-20-35)45(42-29-13-14-30-43(42)47(44)55)40-27-15-25-38(31-40)39-26-16-28-41(32-39)50-53-48(36-21-9-3-10-22-36)52-49(54-50)37-23-11-4-12-24-37/h1-33H. The highest BCUT2D eigenvalue weighted by Gasteiger charge is 2.22. The molecular weight excluding hydrogens is 671 g/mol. The minimum Gasteiger partial charge on any atom is -0.231 e. The second kappa shape index (κ2) is 13.8. The molecular formula is C50H33N5. The van der Waals surface area contributed by atoms with Crippen molar-refractivity contribution in [1.82, 2.24) is 24.6 Å². The van der Waals surface area contributed by atoms with E-state index in [9.17, 15) is 0 Å². The van der Waals surface area contributed by atoms with E-state index in [1.165, 1.54) is 5.39 Å². The van der Waals surface area contributed by atoms with Gasteiger partial charge in [0.2, 0.25) is 0 Å². The maximum atomic E-state index is 5.09. The van der Waals surface area contributed by atoms with Gasteiger partial charge in [-0.2, -0.15) is 5.10 Å². The largest absolute Gasteiger partial charge is 0.231 e. The number of benzene rings is 7. The van der Waals surface area contributed by atoms with Crippen LogP contribution in [0.1, 0.15) is 0 Å². The van der Waals surface area contributed by atoms with Crippen LogP contribution < -0.4 is 0 Å². The smallest absolute Gasteiger partial charge is 0.164 e. The van der Waals surface area contributed by atoms with Gasteiger partial charge in [0.15, 0.2) is 17.5 Å². The van der Waals surface area contributed by atoms with Crippen LogP contribution in [0.3, 0.4) is 0 Å². The summed E-state index contributed by atoms with van der Waals surface area (Å²) in [5.74, 6) is 1.91. The highest BCUT2D eigenvalue weighted by molar-refractivity contribution is 6.13. The zero-order valence-electron chi connectivity index (χ0n) is 29.8. The first-order valence-corrected chi connectivity index (χ1v) is 18.4. The van der Waals surface area contributed by atoms with E-state index in [1.54, 1.807) is 0 Å². The number of hydrogen-bond acceptors (Lipinski definition) is 4. The van der Waals surface area contributed by atoms with E-state index in [0.717, 1.165) is 72.2 Å². The molecule has 3 aromatic heterocycles. The van der Waals surface area contributed by atoms with Crippen LogP contribution >= 0.6 is 0 Å². The Morgan fingerprint density at radius 1 is 0.327 bits per heavy atom. The molecule has 0 amide bonds. The second-order valence-corrected chi connectivity index (χ2v) is 13.5. The maximum absolute atomic E-state index is 5.09. The van der Waals surface area contributed by atoms with Crippen molar-refractivity contribution in [2.45, 2.75) is 0 Å². The van der Waals surface area contributed by atoms with Crippen LogP contribution in [-0.4, -0.2) is 24.6 Å². The van der Waals surface area contributed by atoms with Crippen molar-refractivity contribution >= 4 is 16.3 Å². The lowest BCUT2D eigenvalue weighted by Gasteiger charge is -2.18. The quantitative estimate of drug-likeness (QED) is 0.166. The summed E-state index contributed by atoms with van der Waals surface area (Å²) in [4.78, 5) is 14.9. The van der Waals surface area contributed by atoms with Crippen molar-refractivity contribution < 1.29 is 0 Å². The first-order valence-electron chi connectivity index (χ1n) is 18.4. The first kappa shape index (κ1) is 32.2. The molecule has 5 nitrogen and oxygen atoms in total. The summed E-state index contributed by atoms with van der Waals surface area (Å²) in [6.07, 6.45) is 2.00. The van der Waals surface area contributed by atoms with Crippen molar-refractivity contribution in [2.75, 3.05) is 0 Å². The summed E-state index contributed by atoms with van der Waals surface area (Å²) in [5.41, 5.74) is 12.7. The van der Waals surface area contributed by atoms with Gasteiger partial charge < -0.3 is 0 Å². The lowest BCUT2D eigenvalue weighted by molar-refractivity contribution is 0.976. The molecule has 10 aromatic rings. The maximum Gasteiger partial charge on any atom is 0.164 e. The monoisotopic (exact) mass is 703 g/mol. The first-order chi connectivity index (χ1) is 27.3. The molecule has 5 heteroatoms. The summed E-state index contributed by atoms with van der Waals surface area (Å²) in [6, 6.07) is 67.3. The second-order valence-electron chi connectivity index (χ2n) is 13.5. The fourth-order valence-electron chi connectivity index (χ4n) is 7.53. The number of pyridine rings is 1. The molecule has 0 spiro atoms. The van der Waals surface area contributed by atoms with Crippen LogP contribution in [0.4, 0.5) is 0 Å². The predicted octanol–water partition coefficient (Wildman–Crippen LogP) is 12.3. The van der Waals surface area contributed by atoms with E-state index < -0.39 is 0 Å². The summed E-state index contributed by atoms with van der Waals surface area (Å²) < 4.78 is 2.14. The molecule has 0 unspecified atom stereocenters. The minimum absolute atomic E-state index is 0.626. The molecule has 0 aliphatic rings. The topological polar surface area (TPSA) is 56.0 Å². The van der Waals surface area contributed by atoms with Crippen molar-refractivity contribution in [3.05, 3.63) is 200 Å². The Bertz CT molecular complexity index is 2900. The van der Waals surface area contributed by atoms with E-state index in [2.05, 4.69) is 138 Å². The molecule has 0 saturated carbocycles. The molecule has 0 bridgehead atoms. The van der Waals surface area contributed by atoms with Crippen molar-refractivity contribution in [3.63, 3.8) is 0 Å².